The number of hydrogen-bond donors (Lipinski definition) is 1. The van der Waals surface area contributed by atoms with E-state index in [2.05, 4.69) is 5.32 Å². The molecule has 0 saturated carbocycles. The molecule has 1 N–H and O–H groups in total. The van der Waals surface area contributed by atoms with Crippen LogP contribution in [0.5, 0.6) is 5.75 Å². The third-order valence-corrected chi connectivity index (χ3v) is 3.35. The van der Waals surface area contributed by atoms with Crippen LogP contribution in [0.2, 0.25) is 5.02 Å². The first kappa shape index (κ1) is 15.2. The van der Waals surface area contributed by atoms with Gasteiger partial charge >= 0.3 is 0 Å². The summed E-state index contributed by atoms with van der Waals surface area (Å²) in [7, 11) is 5.45. The Balaban J connectivity index is 2.12. The lowest BCUT2D eigenvalue weighted by atomic mass is 10.2. The molecule has 110 valence electrons. The van der Waals surface area contributed by atoms with Gasteiger partial charge in [0.1, 0.15) is 5.75 Å². The van der Waals surface area contributed by atoms with Crippen molar-refractivity contribution in [2.45, 2.75) is 0 Å². The van der Waals surface area contributed by atoms with Crippen LogP contribution in [-0.4, -0.2) is 27.1 Å². The van der Waals surface area contributed by atoms with E-state index >= 15 is 0 Å². The predicted molar refractivity (Wildman–Crippen MR) is 86.7 cm³/mol. The number of ether oxygens (including phenoxy) is 1. The summed E-state index contributed by atoms with van der Waals surface area (Å²) in [6, 6.07) is 12.5. The van der Waals surface area contributed by atoms with Crippen molar-refractivity contribution >= 4 is 28.9 Å². The summed E-state index contributed by atoms with van der Waals surface area (Å²) in [6.07, 6.45) is 0. The number of hydrogen-bond acceptors (Lipinski definition) is 3. The second-order valence-corrected chi connectivity index (χ2v) is 5.15. The fraction of sp³-hybridized carbons (Fsp3) is 0.188. The van der Waals surface area contributed by atoms with Crippen LogP contribution in [0.3, 0.4) is 0 Å². The summed E-state index contributed by atoms with van der Waals surface area (Å²) < 4.78 is 5.08. The molecule has 2 aromatic carbocycles. The van der Waals surface area contributed by atoms with Crippen molar-refractivity contribution in [3.8, 4) is 5.75 Å². The number of carbonyl (C=O) groups is 1. The zero-order chi connectivity index (χ0) is 15.4. The van der Waals surface area contributed by atoms with Crippen LogP contribution in [-0.2, 0) is 0 Å². The van der Waals surface area contributed by atoms with E-state index in [0.717, 1.165) is 5.69 Å². The number of benzene rings is 2. The molecule has 1 amide bonds. The highest BCUT2D eigenvalue weighted by Gasteiger charge is 2.08. The molecule has 0 unspecified atom stereocenters. The zero-order valence-electron chi connectivity index (χ0n) is 12.2. The highest BCUT2D eigenvalue weighted by Crippen LogP contribution is 2.27. The maximum Gasteiger partial charge on any atom is 0.255 e. The van der Waals surface area contributed by atoms with Gasteiger partial charge in [-0.2, -0.15) is 0 Å². The van der Waals surface area contributed by atoms with Gasteiger partial charge < -0.3 is 15.0 Å². The lowest BCUT2D eigenvalue weighted by Crippen LogP contribution is -2.13. The summed E-state index contributed by atoms with van der Waals surface area (Å²) in [4.78, 5) is 14.1. The number of amides is 1. The van der Waals surface area contributed by atoms with Crippen molar-refractivity contribution in [2.24, 2.45) is 0 Å². The summed E-state index contributed by atoms with van der Waals surface area (Å²) in [5.41, 5.74) is 2.26. The van der Waals surface area contributed by atoms with E-state index < -0.39 is 0 Å². The lowest BCUT2D eigenvalue weighted by molar-refractivity contribution is 0.102. The van der Waals surface area contributed by atoms with Crippen molar-refractivity contribution in [1.29, 1.82) is 0 Å². The van der Waals surface area contributed by atoms with Gasteiger partial charge in [0.15, 0.2) is 0 Å². The van der Waals surface area contributed by atoms with E-state index in [1.807, 2.05) is 31.1 Å². The first-order chi connectivity index (χ1) is 10.0. The Kier molecular flexibility index (Phi) is 4.70. The Bertz CT molecular complexity index is 639. The smallest absolute Gasteiger partial charge is 0.255 e. The van der Waals surface area contributed by atoms with Gasteiger partial charge in [0.2, 0.25) is 0 Å². The topological polar surface area (TPSA) is 41.6 Å². The van der Waals surface area contributed by atoms with Crippen molar-refractivity contribution in [3.63, 3.8) is 0 Å². The molecule has 0 saturated heterocycles. The van der Waals surface area contributed by atoms with Crippen LogP contribution in [0.4, 0.5) is 11.4 Å². The van der Waals surface area contributed by atoms with Crippen LogP contribution >= 0.6 is 11.6 Å². The molecule has 0 bridgehead atoms. The molecule has 0 aliphatic rings. The molecular weight excluding hydrogens is 288 g/mol. The van der Waals surface area contributed by atoms with Gasteiger partial charge in [0.25, 0.3) is 5.91 Å². The number of rotatable bonds is 4. The SMILES string of the molecule is COc1ccc(NC(=O)c2ccc(N(C)C)cc2)cc1Cl. The molecule has 0 heterocycles. The first-order valence-corrected chi connectivity index (χ1v) is 6.81. The van der Waals surface area contributed by atoms with Gasteiger partial charge in [-0.05, 0) is 42.5 Å². The fourth-order valence-corrected chi connectivity index (χ4v) is 2.12. The predicted octanol–water partition coefficient (Wildman–Crippen LogP) is 3.67. The summed E-state index contributed by atoms with van der Waals surface area (Å²) in [6.45, 7) is 0. The van der Waals surface area contributed by atoms with Crippen molar-refractivity contribution in [1.82, 2.24) is 0 Å². The molecule has 0 spiro atoms. The average molecular weight is 305 g/mol. The van der Waals surface area contributed by atoms with Gasteiger partial charge in [-0.15, -0.1) is 0 Å². The van der Waals surface area contributed by atoms with Crippen molar-refractivity contribution < 1.29 is 9.53 Å². The monoisotopic (exact) mass is 304 g/mol. The van der Waals surface area contributed by atoms with E-state index in [4.69, 9.17) is 16.3 Å². The number of methoxy groups -OCH3 is 1. The highest BCUT2D eigenvalue weighted by molar-refractivity contribution is 6.32. The minimum absolute atomic E-state index is 0.179. The largest absolute Gasteiger partial charge is 0.495 e. The molecule has 0 aliphatic carbocycles. The van der Waals surface area contributed by atoms with E-state index in [-0.39, 0.29) is 5.91 Å². The lowest BCUT2D eigenvalue weighted by Gasteiger charge is -2.13. The minimum atomic E-state index is -0.179. The average Bonchev–Trinajstić information content (AvgIpc) is 2.47. The van der Waals surface area contributed by atoms with Crippen LogP contribution in [0.25, 0.3) is 0 Å². The van der Waals surface area contributed by atoms with Gasteiger partial charge in [-0.3, -0.25) is 4.79 Å². The molecule has 0 aromatic heterocycles. The molecule has 5 heteroatoms. The zero-order valence-corrected chi connectivity index (χ0v) is 12.9. The third kappa shape index (κ3) is 3.67. The molecule has 0 atom stereocenters. The highest BCUT2D eigenvalue weighted by atomic mass is 35.5. The normalized spacial score (nSPS) is 10.1. The summed E-state index contributed by atoms with van der Waals surface area (Å²) in [5, 5.41) is 3.26. The summed E-state index contributed by atoms with van der Waals surface area (Å²) >= 11 is 6.03. The maximum atomic E-state index is 12.2. The maximum absolute atomic E-state index is 12.2. The Labute approximate surface area is 129 Å². The molecule has 0 aliphatic heterocycles. The van der Waals surface area contributed by atoms with E-state index in [1.165, 1.54) is 0 Å². The molecule has 0 fully saturated rings. The van der Waals surface area contributed by atoms with Crippen LogP contribution < -0.4 is 15.0 Å². The second-order valence-electron chi connectivity index (χ2n) is 4.74. The standard InChI is InChI=1S/C16H17ClN2O2/c1-19(2)13-7-4-11(5-8-13)16(20)18-12-6-9-15(21-3)14(17)10-12/h4-10H,1-3H3,(H,18,20). The number of carbonyl (C=O) groups excluding carboxylic acids is 1. The minimum Gasteiger partial charge on any atom is -0.495 e. The second kappa shape index (κ2) is 6.50. The molecule has 4 nitrogen and oxygen atoms in total. The number of anilines is 2. The number of nitrogens with zero attached hydrogens (tertiary/aromatic N) is 1. The van der Waals surface area contributed by atoms with Gasteiger partial charge in [-0.1, -0.05) is 11.6 Å². The molecule has 2 aromatic rings. The van der Waals surface area contributed by atoms with Crippen molar-refractivity contribution in [3.05, 3.63) is 53.1 Å². The van der Waals surface area contributed by atoms with Crippen LogP contribution in [0.1, 0.15) is 10.4 Å². The van der Waals surface area contributed by atoms with Crippen molar-refractivity contribution in [2.75, 3.05) is 31.4 Å². The summed E-state index contributed by atoms with van der Waals surface area (Å²) in [5.74, 6) is 0.395. The Hall–Kier alpha value is -2.20. The van der Waals surface area contributed by atoms with Gasteiger partial charge in [-0.25, -0.2) is 0 Å². The molecule has 0 radical (unpaired) electrons. The quantitative estimate of drug-likeness (QED) is 0.937. The van der Waals surface area contributed by atoms with Crippen LogP contribution in [0.15, 0.2) is 42.5 Å². The molecular formula is C16H17ClN2O2. The van der Waals surface area contributed by atoms with E-state index in [1.54, 1.807) is 37.4 Å². The Morgan fingerprint density at radius 3 is 2.33 bits per heavy atom. The van der Waals surface area contributed by atoms with Gasteiger partial charge in [0, 0.05) is 31.0 Å². The van der Waals surface area contributed by atoms with Gasteiger partial charge in [0.05, 0.1) is 12.1 Å². The first-order valence-electron chi connectivity index (χ1n) is 6.43. The molecule has 2 rings (SSSR count). The Morgan fingerprint density at radius 1 is 1.14 bits per heavy atom. The molecule has 21 heavy (non-hydrogen) atoms. The fourth-order valence-electron chi connectivity index (χ4n) is 1.86. The Morgan fingerprint density at radius 2 is 1.81 bits per heavy atom. The van der Waals surface area contributed by atoms with Crippen LogP contribution in [0, 0.1) is 0 Å². The number of nitrogens with one attached hydrogen (secondary N) is 1. The third-order valence-electron chi connectivity index (χ3n) is 3.06. The van der Waals surface area contributed by atoms with E-state index in [9.17, 15) is 4.79 Å². The number of halogens is 1. The van der Waals surface area contributed by atoms with E-state index in [0.29, 0.717) is 22.0 Å².